The number of carbonyl (C=O) groups is 2. The third-order valence-electron chi connectivity index (χ3n) is 4.17. The van der Waals surface area contributed by atoms with Gasteiger partial charge in [0, 0.05) is 12.6 Å². The van der Waals surface area contributed by atoms with E-state index in [0.717, 1.165) is 0 Å². The summed E-state index contributed by atoms with van der Waals surface area (Å²) in [6.07, 6.45) is 2.19. The van der Waals surface area contributed by atoms with Crippen molar-refractivity contribution in [2.45, 2.75) is 54.5 Å². The highest BCUT2D eigenvalue weighted by Crippen LogP contribution is 2.60. The van der Waals surface area contributed by atoms with Gasteiger partial charge in [0.1, 0.15) is 0 Å². The number of carbonyl (C=O) groups excluding carboxylic acids is 2. The molecule has 0 heterocycles. The summed E-state index contributed by atoms with van der Waals surface area (Å²) < 4.78 is 0. The smallest absolute Gasteiger partial charge is 0.239 e. The van der Waals surface area contributed by atoms with Crippen LogP contribution in [0.3, 0.4) is 0 Å². The Morgan fingerprint density at radius 3 is 2.29 bits per heavy atom. The summed E-state index contributed by atoms with van der Waals surface area (Å²) in [5.74, 6) is 0.303. The first kappa shape index (κ1) is 17.7. The molecule has 1 aliphatic carbocycles. The zero-order chi connectivity index (χ0) is 16.4. The van der Waals surface area contributed by atoms with Gasteiger partial charge in [-0.15, -0.1) is 0 Å². The largest absolute Gasteiger partial charge is 0.352 e. The molecule has 0 bridgehead atoms. The van der Waals surface area contributed by atoms with Crippen LogP contribution in [0.5, 0.6) is 0 Å². The molecule has 0 aromatic rings. The van der Waals surface area contributed by atoms with E-state index in [0.29, 0.717) is 6.54 Å². The van der Waals surface area contributed by atoms with E-state index < -0.39 is 0 Å². The molecule has 1 saturated carbocycles. The van der Waals surface area contributed by atoms with E-state index in [1.54, 1.807) is 4.90 Å². The highest BCUT2D eigenvalue weighted by molar-refractivity contribution is 5.88. The van der Waals surface area contributed by atoms with Crippen LogP contribution in [0.15, 0.2) is 11.6 Å². The summed E-state index contributed by atoms with van der Waals surface area (Å²) >= 11 is 0. The van der Waals surface area contributed by atoms with Crippen molar-refractivity contribution < 1.29 is 9.59 Å². The van der Waals surface area contributed by atoms with E-state index in [9.17, 15) is 9.59 Å². The van der Waals surface area contributed by atoms with Gasteiger partial charge in [-0.25, -0.2) is 0 Å². The van der Waals surface area contributed by atoms with E-state index in [2.05, 4.69) is 39.1 Å². The lowest BCUT2D eigenvalue weighted by Gasteiger charge is -2.22. The van der Waals surface area contributed by atoms with Crippen molar-refractivity contribution in [3.63, 3.8) is 0 Å². The molecule has 0 aliphatic heterocycles. The second-order valence-electron chi connectivity index (χ2n) is 7.14. The van der Waals surface area contributed by atoms with Gasteiger partial charge in [-0.2, -0.15) is 0 Å². The van der Waals surface area contributed by atoms with Gasteiger partial charge in [-0.3, -0.25) is 9.59 Å². The quantitative estimate of drug-likeness (QED) is 0.766. The molecule has 1 rings (SSSR count). The van der Waals surface area contributed by atoms with E-state index in [4.69, 9.17) is 0 Å². The molecule has 1 fully saturated rings. The Kier molecular flexibility index (Phi) is 5.60. The molecule has 1 N–H and O–H groups in total. The van der Waals surface area contributed by atoms with Crippen molar-refractivity contribution in [3.8, 4) is 0 Å². The Labute approximate surface area is 129 Å². The summed E-state index contributed by atoms with van der Waals surface area (Å²) in [4.78, 5) is 26.2. The van der Waals surface area contributed by atoms with Crippen LogP contribution in [0, 0.1) is 17.3 Å². The van der Waals surface area contributed by atoms with E-state index >= 15 is 0 Å². The molecule has 4 nitrogen and oxygen atoms in total. The van der Waals surface area contributed by atoms with E-state index in [1.807, 2.05) is 20.8 Å². The fourth-order valence-electron chi connectivity index (χ4n) is 2.90. The topological polar surface area (TPSA) is 49.4 Å². The molecule has 21 heavy (non-hydrogen) atoms. The number of nitrogens with one attached hydrogen (secondary N) is 1. The SMILES string of the molecule is CCN(CC(=O)NC(C)C)C(=O)C1C(C=C(C)C)C1(C)C. The van der Waals surface area contributed by atoms with Gasteiger partial charge in [-0.05, 0) is 46.0 Å². The second kappa shape index (κ2) is 6.63. The van der Waals surface area contributed by atoms with Crippen LogP contribution in [0.4, 0.5) is 0 Å². The molecule has 2 amide bonds. The lowest BCUT2D eigenvalue weighted by molar-refractivity contribution is -0.137. The summed E-state index contributed by atoms with van der Waals surface area (Å²) in [7, 11) is 0. The summed E-state index contributed by atoms with van der Waals surface area (Å²) in [6.45, 7) is 14.9. The van der Waals surface area contributed by atoms with E-state index in [1.165, 1.54) is 5.57 Å². The zero-order valence-electron chi connectivity index (χ0n) is 14.5. The van der Waals surface area contributed by atoms with Gasteiger partial charge >= 0.3 is 0 Å². The average Bonchev–Trinajstić information content (AvgIpc) is 2.85. The number of allylic oxidation sites excluding steroid dienone is 2. The molecule has 0 saturated heterocycles. The number of likely N-dealkylation sites (N-methyl/N-ethyl adjacent to an activating group) is 1. The fourth-order valence-corrected chi connectivity index (χ4v) is 2.90. The molecule has 120 valence electrons. The van der Waals surface area contributed by atoms with Gasteiger partial charge in [0.15, 0.2) is 0 Å². The maximum Gasteiger partial charge on any atom is 0.239 e. The Balaban J connectivity index is 2.72. The van der Waals surface area contributed by atoms with Crippen LogP contribution in [0.25, 0.3) is 0 Å². The summed E-state index contributed by atoms with van der Waals surface area (Å²) in [5.41, 5.74) is 1.24. The maximum absolute atomic E-state index is 12.7. The van der Waals surface area contributed by atoms with Gasteiger partial charge in [0.2, 0.25) is 11.8 Å². The third kappa shape index (κ3) is 4.32. The number of hydrogen-bond donors (Lipinski definition) is 1. The standard InChI is InChI=1S/C17H30N2O2/c1-8-19(10-14(20)18-12(4)5)16(21)15-13(9-11(2)3)17(15,6)7/h9,12-13,15H,8,10H2,1-7H3,(H,18,20). The van der Waals surface area contributed by atoms with Gasteiger partial charge in [0.05, 0.1) is 12.5 Å². The van der Waals surface area contributed by atoms with Crippen molar-refractivity contribution in [2.75, 3.05) is 13.1 Å². The fraction of sp³-hybridized carbons (Fsp3) is 0.765. The van der Waals surface area contributed by atoms with Crippen LogP contribution in [-0.4, -0.2) is 35.8 Å². The first-order valence-corrected chi connectivity index (χ1v) is 7.84. The molecule has 0 aromatic carbocycles. The van der Waals surface area contributed by atoms with Crippen molar-refractivity contribution in [1.82, 2.24) is 10.2 Å². The molecular weight excluding hydrogens is 264 g/mol. The van der Waals surface area contributed by atoms with Crippen LogP contribution in [-0.2, 0) is 9.59 Å². The second-order valence-corrected chi connectivity index (χ2v) is 7.14. The Morgan fingerprint density at radius 1 is 1.29 bits per heavy atom. The number of nitrogens with zero attached hydrogens (tertiary/aromatic N) is 1. The predicted molar refractivity (Wildman–Crippen MR) is 85.7 cm³/mol. The Morgan fingerprint density at radius 2 is 1.86 bits per heavy atom. The maximum atomic E-state index is 12.7. The number of hydrogen-bond acceptors (Lipinski definition) is 2. The molecule has 2 atom stereocenters. The highest BCUT2D eigenvalue weighted by Gasteiger charge is 2.61. The monoisotopic (exact) mass is 294 g/mol. The van der Waals surface area contributed by atoms with Gasteiger partial charge in [-0.1, -0.05) is 25.5 Å². The number of rotatable bonds is 6. The Bertz CT molecular complexity index is 434. The van der Waals surface area contributed by atoms with Crippen LogP contribution >= 0.6 is 0 Å². The van der Waals surface area contributed by atoms with Gasteiger partial charge in [0.25, 0.3) is 0 Å². The highest BCUT2D eigenvalue weighted by atomic mass is 16.2. The molecule has 2 unspecified atom stereocenters. The first-order valence-electron chi connectivity index (χ1n) is 7.84. The zero-order valence-corrected chi connectivity index (χ0v) is 14.5. The Hall–Kier alpha value is -1.32. The normalized spacial score (nSPS) is 22.7. The van der Waals surface area contributed by atoms with Crippen LogP contribution in [0.1, 0.15) is 48.5 Å². The molecule has 1 aliphatic rings. The van der Waals surface area contributed by atoms with Crippen molar-refractivity contribution in [3.05, 3.63) is 11.6 Å². The lowest BCUT2D eigenvalue weighted by Crippen LogP contribution is -2.43. The molecule has 4 heteroatoms. The van der Waals surface area contributed by atoms with Crippen molar-refractivity contribution in [1.29, 1.82) is 0 Å². The van der Waals surface area contributed by atoms with Crippen LogP contribution < -0.4 is 5.32 Å². The molecule has 0 radical (unpaired) electrons. The minimum absolute atomic E-state index is 0.000741. The van der Waals surface area contributed by atoms with Crippen molar-refractivity contribution >= 4 is 11.8 Å². The first-order chi connectivity index (χ1) is 9.61. The third-order valence-corrected chi connectivity index (χ3v) is 4.17. The van der Waals surface area contributed by atoms with E-state index in [-0.39, 0.29) is 41.7 Å². The predicted octanol–water partition coefficient (Wildman–Crippen LogP) is 2.60. The molecule has 0 aromatic heterocycles. The lowest BCUT2D eigenvalue weighted by atomic mass is 10.1. The van der Waals surface area contributed by atoms with Crippen LogP contribution in [0.2, 0.25) is 0 Å². The summed E-state index contributed by atoms with van der Waals surface area (Å²) in [6, 6.07) is 0.0992. The molecule has 0 spiro atoms. The number of amides is 2. The van der Waals surface area contributed by atoms with Crippen molar-refractivity contribution in [2.24, 2.45) is 17.3 Å². The summed E-state index contributed by atoms with van der Waals surface area (Å²) in [5, 5.41) is 2.84. The minimum Gasteiger partial charge on any atom is -0.352 e. The van der Waals surface area contributed by atoms with Gasteiger partial charge < -0.3 is 10.2 Å². The minimum atomic E-state index is -0.0857. The molecular formula is C17H30N2O2. The average molecular weight is 294 g/mol.